The maximum absolute atomic E-state index is 3.34. The van der Waals surface area contributed by atoms with Crippen molar-refractivity contribution < 1.29 is 4.57 Å². The molecule has 90 valence electrons. The third kappa shape index (κ3) is 2.55. The van der Waals surface area contributed by atoms with Crippen LogP contribution in [0.3, 0.4) is 0 Å². The molecule has 1 aromatic heterocycles. The minimum absolute atomic E-state index is 0.941. The predicted octanol–water partition coefficient (Wildman–Crippen LogP) is 2.81. The Morgan fingerprint density at radius 1 is 1.24 bits per heavy atom. The fourth-order valence-electron chi connectivity index (χ4n) is 2.24. The molecule has 1 aromatic carbocycles. The molecule has 0 bridgehead atoms. The molecule has 0 amide bonds. The summed E-state index contributed by atoms with van der Waals surface area (Å²) in [6, 6.07) is 4.43. The standard InChI is InChI=1S/C14H18N2S/c1-11-7-12(2)14(13(3)8-11)16-6-5-15(9-16)10-17-4/h5-8H,10H2,1-4H3. The van der Waals surface area contributed by atoms with Gasteiger partial charge < -0.3 is 9.13 Å². The summed E-state index contributed by atoms with van der Waals surface area (Å²) in [6.45, 7) is 6.45. The molecule has 2 aromatic rings. The molecule has 0 N–H and O–H groups in total. The quantitative estimate of drug-likeness (QED) is 0.597. The lowest BCUT2D eigenvalue weighted by atomic mass is 10.1. The molecule has 3 heteroatoms. The van der Waals surface area contributed by atoms with Crippen molar-refractivity contribution in [2.45, 2.75) is 26.6 Å². The van der Waals surface area contributed by atoms with Crippen molar-refractivity contribution in [2.75, 3.05) is 6.26 Å². The van der Waals surface area contributed by atoms with E-state index in [0.717, 1.165) is 5.88 Å². The normalized spacial score (nSPS) is 10.8. The highest BCUT2D eigenvalue weighted by atomic mass is 32.2. The first kappa shape index (κ1) is 12.2. The molecule has 0 aliphatic heterocycles. The molecule has 2 nitrogen and oxygen atoms in total. The van der Waals surface area contributed by atoms with E-state index in [1.807, 2.05) is 0 Å². The molecule has 0 fully saturated rings. The highest BCUT2D eigenvalue weighted by Crippen LogP contribution is 2.16. The van der Waals surface area contributed by atoms with Crippen molar-refractivity contribution in [1.29, 1.82) is 0 Å². The molecule has 17 heavy (non-hydrogen) atoms. The number of hydrogen-bond donors (Lipinski definition) is 0. The van der Waals surface area contributed by atoms with E-state index in [9.17, 15) is 0 Å². The number of imidazole rings is 1. The van der Waals surface area contributed by atoms with Gasteiger partial charge in [0.25, 0.3) is 0 Å². The monoisotopic (exact) mass is 246 g/mol. The Bertz CT molecular complexity index is 506. The lowest BCUT2D eigenvalue weighted by Gasteiger charge is -2.12. The molecule has 0 aliphatic carbocycles. The number of thioether (sulfide) groups is 1. The van der Waals surface area contributed by atoms with Crippen molar-refractivity contribution in [3.05, 3.63) is 47.5 Å². The van der Waals surface area contributed by atoms with Crippen molar-refractivity contribution in [3.63, 3.8) is 0 Å². The van der Waals surface area contributed by atoms with Crippen molar-refractivity contribution in [1.82, 2.24) is 4.57 Å². The maximum atomic E-state index is 3.34. The minimum Gasteiger partial charge on any atom is -0.326 e. The first-order chi connectivity index (χ1) is 8.11. The lowest BCUT2D eigenvalue weighted by molar-refractivity contribution is -0.600. The van der Waals surface area contributed by atoms with Crippen LogP contribution in [-0.4, -0.2) is 10.8 Å². The van der Waals surface area contributed by atoms with Gasteiger partial charge in [-0.3, -0.25) is 0 Å². The van der Waals surface area contributed by atoms with Crippen LogP contribution in [0, 0.1) is 27.1 Å². The highest BCUT2D eigenvalue weighted by Gasteiger charge is 2.06. The van der Waals surface area contributed by atoms with Crippen LogP contribution in [0.1, 0.15) is 16.7 Å². The van der Waals surface area contributed by atoms with Crippen LogP contribution in [0.4, 0.5) is 0 Å². The molecule has 0 unspecified atom stereocenters. The van der Waals surface area contributed by atoms with Crippen LogP contribution in [0.2, 0.25) is 0 Å². The molecule has 0 saturated heterocycles. The third-order valence-corrected chi connectivity index (χ3v) is 3.31. The van der Waals surface area contributed by atoms with Gasteiger partial charge in [-0.2, -0.15) is 0 Å². The first-order valence-corrected chi connectivity index (χ1v) is 7.08. The Hall–Kier alpha value is -1.22. The van der Waals surface area contributed by atoms with Crippen molar-refractivity contribution in [2.24, 2.45) is 0 Å². The van der Waals surface area contributed by atoms with Crippen LogP contribution in [0.5, 0.6) is 0 Å². The lowest BCUT2D eigenvalue weighted by Crippen LogP contribution is -2.30. The summed E-state index contributed by atoms with van der Waals surface area (Å²) in [6.07, 6.45) is 9.58. The van der Waals surface area contributed by atoms with Crippen molar-refractivity contribution in [3.8, 4) is 5.69 Å². The molecule has 1 heterocycles. The largest absolute Gasteiger partial charge is 0.326 e. The van der Waals surface area contributed by atoms with Crippen LogP contribution < -0.4 is 4.57 Å². The average Bonchev–Trinajstić information content (AvgIpc) is 2.65. The van der Waals surface area contributed by atoms with Gasteiger partial charge in [-0.1, -0.05) is 17.7 Å². The summed E-state index contributed by atoms with van der Waals surface area (Å²) in [5.74, 6) is 0.941. The molecule has 0 spiro atoms. The van der Waals surface area contributed by atoms with Crippen LogP contribution >= 0.6 is 11.8 Å². The van der Waals surface area contributed by atoms with E-state index < -0.39 is 0 Å². The van der Waals surface area contributed by atoms with E-state index >= 15 is 0 Å². The van der Waals surface area contributed by atoms with Crippen LogP contribution in [-0.2, 0) is 5.88 Å². The SMILES string of the molecule is CSCn1[c-][n+](-c2c(C)cc(C)cc2C)cc1. The summed E-state index contributed by atoms with van der Waals surface area (Å²) < 4.78 is 4.16. The number of hydrogen-bond acceptors (Lipinski definition) is 1. The Morgan fingerprint density at radius 3 is 2.47 bits per heavy atom. The number of nitrogens with zero attached hydrogens (tertiary/aromatic N) is 2. The Kier molecular flexibility index (Phi) is 3.57. The van der Waals surface area contributed by atoms with Gasteiger partial charge in [-0.15, -0.1) is 11.8 Å². The van der Waals surface area contributed by atoms with E-state index in [0.29, 0.717) is 0 Å². The molecular weight excluding hydrogens is 228 g/mol. The Labute approximate surface area is 107 Å². The summed E-state index contributed by atoms with van der Waals surface area (Å²) in [5.41, 5.74) is 5.15. The molecule has 2 rings (SSSR count). The van der Waals surface area contributed by atoms with Gasteiger partial charge in [-0.05, 0) is 38.2 Å². The zero-order valence-corrected chi connectivity index (χ0v) is 11.6. The summed E-state index contributed by atoms with van der Waals surface area (Å²) in [4.78, 5) is 0. The topological polar surface area (TPSA) is 8.81 Å². The van der Waals surface area contributed by atoms with Crippen LogP contribution in [0.15, 0.2) is 24.5 Å². The third-order valence-electron chi connectivity index (χ3n) is 2.78. The van der Waals surface area contributed by atoms with Gasteiger partial charge in [0.2, 0.25) is 6.33 Å². The second-order valence-electron chi connectivity index (χ2n) is 4.40. The van der Waals surface area contributed by atoms with Gasteiger partial charge in [0.15, 0.2) is 0 Å². The van der Waals surface area contributed by atoms with Gasteiger partial charge in [0.1, 0.15) is 5.88 Å². The van der Waals surface area contributed by atoms with E-state index in [1.165, 1.54) is 22.4 Å². The predicted molar refractivity (Wildman–Crippen MR) is 72.5 cm³/mol. The van der Waals surface area contributed by atoms with Gasteiger partial charge in [0.05, 0.1) is 5.69 Å². The van der Waals surface area contributed by atoms with E-state index in [-0.39, 0.29) is 0 Å². The zero-order chi connectivity index (χ0) is 12.4. The van der Waals surface area contributed by atoms with Crippen LogP contribution in [0.25, 0.3) is 5.69 Å². The average molecular weight is 246 g/mol. The molecule has 0 aliphatic rings. The molecular formula is C14H18N2S. The molecule has 0 radical (unpaired) electrons. The smallest absolute Gasteiger partial charge is 0.244 e. The summed E-state index contributed by atoms with van der Waals surface area (Å²) >= 11 is 1.79. The maximum Gasteiger partial charge on any atom is 0.244 e. The second-order valence-corrected chi connectivity index (χ2v) is 5.24. The number of aryl methyl sites for hydroxylation is 3. The zero-order valence-electron chi connectivity index (χ0n) is 10.8. The number of benzene rings is 1. The van der Waals surface area contributed by atoms with Gasteiger partial charge in [0, 0.05) is 12.4 Å². The van der Waals surface area contributed by atoms with E-state index in [4.69, 9.17) is 0 Å². The highest BCUT2D eigenvalue weighted by molar-refractivity contribution is 7.97. The Morgan fingerprint density at radius 2 is 1.88 bits per heavy atom. The second kappa shape index (κ2) is 4.96. The number of rotatable bonds is 3. The van der Waals surface area contributed by atoms with E-state index in [2.05, 4.69) is 67.0 Å². The van der Waals surface area contributed by atoms with Crippen molar-refractivity contribution >= 4 is 11.8 Å². The van der Waals surface area contributed by atoms with E-state index in [1.54, 1.807) is 11.8 Å². The van der Waals surface area contributed by atoms with Gasteiger partial charge in [-0.25, -0.2) is 0 Å². The first-order valence-electron chi connectivity index (χ1n) is 5.69. The fourth-order valence-corrected chi connectivity index (χ4v) is 2.66. The minimum atomic E-state index is 0.941. The van der Waals surface area contributed by atoms with Gasteiger partial charge >= 0.3 is 0 Å². The number of aromatic nitrogens is 2. The summed E-state index contributed by atoms with van der Waals surface area (Å²) in [7, 11) is 0. The fraction of sp³-hybridized carbons (Fsp3) is 0.357. The Balaban J connectivity index is 2.45. The molecule has 0 saturated carbocycles. The summed E-state index contributed by atoms with van der Waals surface area (Å²) in [5, 5.41) is 0. The molecule has 0 atom stereocenters.